The topological polar surface area (TPSA) is 12.0 Å². The Balaban J connectivity index is 1.97. The second-order valence-corrected chi connectivity index (χ2v) is 6.57. The highest BCUT2D eigenvalue weighted by Crippen LogP contribution is 2.35. The zero-order chi connectivity index (χ0) is 13.8. The summed E-state index contributed by atoms with van der Waals surface area (Å²) in [5.74, 6) is 2.03. The van der Waals surface area contributed by atoms with Crippen molar-refractivity contribution >= 4 is 0 Å². The molecule has 114 valence electrons. The van der Waals surface area contributed by atoms with Gasteiger partial charge in [0.05, 0.1) is 0 Å². The minimum absolute atomic E-state index is 0.992. The third-order valence-electron chi connectivity index (χ3n) is 4.83. The number of rotatable bonds is 12. The van der Waals surface area contributed by atoms with Crippen LogP contribution in [-0.2, 0) is 0 Å². The summed E-state index contributed by atoms with van der Waals surface area (Å²) in [4.78, 5) is 0. The average Bonchev–Trinajstić information content (AvgIpc) is 2.86. The average molecular weight is 268 g/mol. The van der Waals surface area contributed by atoms with E-state index in [9.17, 15) is 0 Å². The van der Waals surface area contributed by atoms with Gasteiger partial charge in [0, 0.05) is 0 Å². The summed E-state index contributed by atoms with van der Waals surface area (Å²) in [5, 5.41) is 3.63. The fraction of sp³-hybridized carbons (Fsp3) is 1.00. The van der Waals surface area contributed by atoms with Gasteiger partial charge < -0.3 is 5.32 Å². The molecule has 1 N–H and O–H groups in total. The Morgan fingerprint density at radius 3 is 2.21 bits per heavy atom. The normalized spacial score (nSPS) is 23.1. The molecule has 0 aromatic carbocycles. The zero-order valence-electron chi connectivity index (χ0n) is 13.6. The first-order chi connectivity index (χ1) is 9.38. The van der Waals surface area contributed by atoms with Gasteiger partial charge in [0.2, 0.25) is 0 Å². The molecule has 1 heteroatoms. The van der Waals surface area contributed by atoms with Gasteiger partial charge in [-0.1, -0.05) is 78.1 Å². The minimum Gasteiger partial charge on any atom is -0.316 e. The standard InChI is InChI=1S/C18H37N/c1-3-5-6-7-8-9-10-12-17-13-11-14-18(17)16-19-15-4-2/h17-19H,3-16H2,1-2H3. The SMILES string of the molecule is CCCCCCCCCC1CCCC1CNCCC. The Labute approximate surface area is 121 Å². The molecule has 0 bridgehead atoms. The summed E-state index contributed by atoms with van der Waals surface area (Å²) < 4.78 is 0. The van der Waals surface area contributed by atoms with Gasteiger partial charge in [0.1, 0.15) is 0 Å². The second-order valence-electron chi connectivity index (χ2n) is 6.57. The van der Waals surface area contributed by atoms with Crippen molar-refractivity contribution in [3.05, 3.63) is 0 Å². The van der Waals surface area contributed by atoms with Crippen molar-refractivity contribution < 1.29 is 0 Å². The Morgan fingerprint density at radius 1 is 0.789 bits per heavy atom. The molecule has 1 saturated carbocycles. The van der Waals surface area contributed by atoms with Crippen LogP contribution in [0.25, 0.3) is 0 Å². The second kappa shape index (κ2) is 11.8. The van der Waals surface area contributed by atoms with Gasteiger partial charge in [-0.3, -0.25) is 0 Å². The smallest absolute Gasteiger partial charge is 0.00179 e. The lowest BCUT2D eigenvalue weighted by molar-refractivity contribution is 0.336. The maximum atomic E-state index is 3.63. The van der Waals surface area contributed by atoms with Crippen LogP contribution in [0, 0.1) is 11.8 Å². The molecular weight excluding hydrogens is 230 g/mol. The molecule has 0 aliphatic heterocycles. The van der Waals surface area contributed by atoms with Gasteiger partial charge in [0.15, 0.2) is 0 Å². The molecule has 1 aliphatic rings. The zero-order valence-corrected chi connectivity index (χ0v) is 13.6. The van der Waals surface area contributed by atoms with Crippen molar-refractivity contribution in [1.29, 1.82) is 0 Å². The van der Waals surface area contributed by atoms with Crippen molar-refractivity contribution in [3.8, 4) is 0 Å². The monoisotopic (exact) mass is 267 g/mol. The number of hydrogen-bond donors (Lipinski definition) is 1. The van der Waals surface area contributed by atoms with Crippen molar-refractivity contribution in [3.63, 3.8) is 0 Å². The van der Waals surface area contributed by atoms with Crippen LogP contribution in [0.1, 0.15) is 90.9 Å². The molecule has 2 atom stereocenters. The summed E-state index contributed by atoms with van der Waals surface area (Å²) in [6.07, 6.45) is 17.4. The molecule has 0 heterocycles. The lowest BCUT2D eigenvalue weighted by Crippen LogP contribution is -2.25. The van der Waals surface area contributed by atoms with Crippen LogP contribution < -0.4 is 5.32 Å². The molecule has 2 unspecified atom stereocenters. The van der Waals surface area contributed by atoms with Crippen molar-refractivity contribution in [2.45, 2.75) is 90.9 Å². The molecule has 0 amide bonds. The van der Waals surface area contributed by atoms with Crippen molar-refractivity contribution in [1.82, 2.24) is 5.32 Å². The largest absolute Gasteiger partial charge is 0.316 e. The molecule has 1 rings (SSSR count). The van der Waals surface area contributed by atoms with E-state index in [-0.39, 0.29) is 0 Å². The van der Waals surface area contributed by atoms with E-state index in [1.807, 2.05) is 0 Å². The van der Waals surface area contributed by atoms with Gasteiger partial charge in [-0.2, -0.15) is 0 Å². The van der Waals surface area contributed by atoms with Gasteiger partial charge in [0.25, 0.3) is 0 Å². The predicted molar refractivity (Wildman–Crippen MR) is 86.6 cm³/mol. The van der Waals surface area contributed by atoms with Gasteiger partial charge in [-0.25, -0.2) is 0 Å². The molecule has 1 fully saturated rings. The van der Waals surface area contributed by atoms with Crippen LogP contribution >= 0.6 is 0 Å². The highest BCUT2D eigenvalue weighted by molar-refractivity contribution is 4.79. The van der Waals surface area contributed by atoms with Crippen LogP contribution in [0.15, 0.2) is 0 Å². The van der Waals surface area contributed by atoms with Crippen molar-refractivity contribution in [2.75, 3.05) is 13.1 Å². The van der Waals surface area contributed by atoms with Crippen LogP contribution in [0.3, 0.4) is 0 Å². The van der Waals surface area contributed by atoms with E-state index >= 15 is 0 Å². The van der Waals surface area contributed by atoms with E-state index in [1.54, 1.807) is 0 Å². The van der Waals surface area contributed by atoms with E-state index in [2.05, 4.69) is 19.2 Å². The predicted octanol–water partition coefficient (Wildman–Crippen LogP) is 5.54. The summed E-state index contributed by atoms with van der Waals surface area (Å²) in [6, 6.07) is 0. The van der Waals surface area contributed by atoms with E-state index in [1.165, 1.54) is 90.1 Å². The first-order valence-corrected chi connectivity index (χ1v) is 9.09. The van der Waals surface area contributed by atoms with E-state index in [4.69, 9.17) is 0 Å². The Bertz CT molecular complexity index is 190. The molecule has 19 heavy (non-hydrogen) atoms. The Kier molecular flexibility index (Phi) is 10.5. The Morgan fingerprint density at radius 2 is 1.47 bits per heavy atom. The highest BCUT2D eigenvalue weighted by Gasteiger charge is 2.25. The first kappa shape index (κ1) is 17.0. The van der Waals surface area contributed by atoms with E-state index in [0.717, 1.165) is 11.8 Å². The third kappa shape index (κ3) is 7.97. The quantitative estimate of drug-likeness (QED) is 0.458. The molecule has 0 radical (unpaired) electrons. The van der Waals surface area contributed by atoms with Gasteiger partial charge in [-0.05, 0) is 37.8 Å². The molecule has 0 aromatic rings. The first-order valence-electron chi connectivity index (χ1n) is 9.09. The van der Waals surface area contributed by atoms with Crippen LogP contribution in [0.2, 0.25) is 0 Å². The lowest BCUT2D eigenvalue weighted by atomic mass is 9.90. The maximum Gasteiger partial charge on any atom is -0.00179 e. The van der Waals surface area contributed by atoms with E-state index < -0.39 is 0 Å². The van der Waals surface area contributed by atoms with E-state index in [0.29, 0.717) is 0 Å². The number of hydrogen-bond acceptors (Lipinski definition) is 1. The summed E-state index contributed by atoms with van der Waals surface area (Å²) in [7, 11) is 0. The molecule has 0 aromatic heterocycles. The fourth-order valence-corrected chi connectivity index (χ4v) is 3.59. The molecule has 1 nitrogen and oxygen atoms in total. The molecular formula is C18H37N. The summed E-state index contributed by atoms with van der Waals surface area (Å²) in [6.45, 7) is 7.06. The fourth-order valence-electron chi connectivity index (χ4n) is 3.59. The lowest BCUT2D eigenvalue weighted by Gasteiger charge is -2.20. The highest BCUT2D eigenvalue weighted by atomic mass is 14.9. The maximum absolute atomic E-state index is 3.63. The third-order valence-corrected chi connectivity index (χ3v) is 4.83. The van der Waals surface area contributed by atoms with Gasteiger partial charge >= 0.3 is 0 Å². The van der Waals surface area contributed by atoms with Crippen molar-refractivity contribution in [2.24, 2.45) is 11.8 Å². The summed E-state index contributed by atoms with van der Waals surface area (Å²) in [5.41, 5.74) is 0. The van der Waals surface area contributed by atoms with Crippen LogP contribution in [0.4, 0.5) is 0 Å². The van der Waals surface area contributed by atoms with Crippen LogP contribution in [-0.4, -0.2) is 13.1 Å². The Hall–Kier alpha value is -0.0400. The summed E-state index contributed by atoms with van der Waals surface area (Å²) >= 11 is 0. The number of nitrogens with one attached hydrogen (secondary N) is 1. The molecule has 1 aliphatic carbocycles. The number of unbranched alkanes of at least 4 members (excludes halogenated alkanes) is 6. The molecule has 0 spiro atoms. The van der Waals surface area contributed by atoms with Gasteiger partial charge in [-0.15, -0.1) is 0 Å². The van der Waals surface area contributed by atoms with Crippen LogP contribution in [0.5, 0.6) is 0 Å². The molecule has 0 saturated heterocycles. The minimum atomic E-state index is 0.992.